The molecule has 0 spiro atoms. The molecule has 0 unspecified atom stereocenters. The van der Waals surface area contributed by atoms with Gasteiger partial charge in [-0.3, -0.25) is 0 Å². The van der Waals surface area contributed by atoms with Crippen molar-refractivity contribution in [2.24, 2.45) is 0 Å². The number of ether oxygens (including phenoxy) is 1. The van der Waals surface area contributed by atoms with Crippen molar-refractivity contribution in [3.8, 4) is 11.5 Å². The van der Waals surface area contributed by atoms with Crippen LogP contribution in [0, 0.1) is 6.92 Å². The Morgan fingerprint density at radius 2 is 1.80 bits per heavy atom. The van der Waals surface area contributed by atoms with Gasteiger partial charge in [0.2, 0.25) is 0 Å². The molecule has 2 aromatic carbocycles. The van der Waals surface area contributed by atoms with E-state index in [-0.39, 0.29) is 11.4 Å². The minimum Gasteiger partial charge on any atom is -0.457 e. The number of benzene rings is 2. The summed E-state index contributed by atoms with van der Waals surface area (Å²) in [5.74, 6) is 0.586. The van der Waals surface area contributed by atoms with E-state index >= 15 is 0 Å². The van der Waals surface area contributed by atoms with Crippen molar-refractivity contribution >= 4 is 21.6 Å². The van der Waals surface area contributed by atoms with E-state index in [1.54, 1.807) is 12.1 Å². The van der Waals surface area contributed by atoms with Crippen molar-refractivity contribution in [3.63, 3.8) is 0 Å². The minimum absolute atomic E-state index is 0.0944. The molecule has 0 saturated carbocycles. The van der Waals surface area contributed by atoms with Gasteiger partial charge in [-0.15, -0.1) is 0 Å². The molecule has 0 radical (unpaired) electrons. The van der Waals surface area contributed by atoms with Crippen molar-refractivity contribution < 1.29 is 17.9 Å². The number of rotatable bonds is 2. The molecule has 0 heterocycles. The molecular formula is C14H11BrF3NO. The Morgan fingerprint density at radius 1 is 1.10 bits per heavy atom. The Labute approximate surface area is 122 Å². The molecule has 0 amide bonds. The number of hydrogen-bond acceptors (Lipinski definition) is 2. The first-order valence-electron chi connectivity index (χ1n) is 5.68. The zero-order valence-electron chi connectivity index (χ0n) is 10.5. The van der Waals surface area contributed by atoms with Gasteiger partial charge < -0.3 is 10.5 Å². The van der Waals surface area contributed by atoms with Crippen LogP contribution in [-0.2, 0) is 6.18 Å². The highest BCUT2D eigenvalue weighted by atomic mass is 79.9. The highest BCUT2D eigenvalue weighted by molar-refractivity contribution is 9.10. The first-order chi connectivity index (χ1) is 9.27. The molecule has 0 saturated heterocycles. The van der Waals surface area contributed by atoms with Crippen LogP contribution in [0.2, 0.25) is 0 Å². The van der Waals surface area contributed by atoms with Gasteiger partial charge in [0.1, 0.15) is 11.5 Å². The van der Waals surface area contributed by atoms with Gasteiger partial charge in [0.15, 0.2) is 0 Å². The predicted octanol–water partition coefficient (Wildman–Crippen LogP) is 5.15. The maximum atomic E-state index is 12.8. The average molecular weight is 346 g/mol. The second-order valence-corrected chi connectivity index (χ2v) is 5.17. The summed E-state index contributed by atoms with van der Waals surface area (Å²) in [7, 11) is 0. The maximum Gasteiger partial charge on any atom is 0.418 e. The summed E-state index contributed by atoms with van der Waals surface area (Å²) in [4.78, 5) is 0. The molecule has 106 valence electrons. The predicted molar refractivity (Wildman–Crippen MR) is 74.8 cm³/mol. The summed E-state index contributed by atoms with van der Waals surface area (Å²) in [5, 5.41) is 0. The molecule has 0 aliphatic heterocycles. The Morgan fingerprint density at radius 3 is 2.40 bits per heavy atom. The van der Waals surface area contributed by atoms with Crippen LogP contribution in [0.15, 0.2) is 40.9 Å². The summed E-state index contributed by atoms with van der Waals surface area (Å²) < 4.78 is 44.6. The summed E-state index contributed by atoms with van der Waals surface area (Å²) in [5.41, 5.74) is 4.93. The van der Waals surface area contributed by atoms with E-state index in [2.05, 4.69) is 15.9 Å². The molecule has 0 atom stereocenters. The van der Waals surface area contributed by atoms with Gasteiger partial charge in [-0.25, -0.2) is 0 Å². The van der Waals surface area contributed by atoms with Crippen LogP contribution in [0.3, 0.4) is 0 Å². The van der Waals surface area contributed by atoms with Crippen molar-refractivity contribution in [2.75, 3.05) is 5.73 Å². The lowest BCUT2D eigenvalue weighted by molar-refractivity contribution is -0.137. The van der Waals surface area contributed by atoms with Gasteiger partial charge >= 0.3 is 6.18 Å². The van der Waals surface area contributed by atoms with Crippen LogP contribution in [0.1, 0.15) is 11.1 Å². The van der Waals surface area contributed by atoms with Gasteiger partial charge in [-0.05, 0) is 48.9 Å². The normalized spacial score (nSPS) is 11.4. The van der Waals surface area contributed by atoms with Gasteiger partial charge in [0, 0.05) is 10.2 Å². The number of halogens is 4. The van der Waals surface area contributed by atoms with Crippen LogP contribution >= 0.6 is 15.9 Å². The standard InChI is InChI=1S/C14H11BrF3NO/c1-8-6-9(15)2-5-13(8)20-10-3-4-12(19)11(7-10)14(16,17)18/h2-7H,19H2,1H3. The fourth-order valence-corrected chi connectivity index (χ4v) is 2.17. The summed E-state index contributed by atoms with van der Waals surface area (Å²) in [6, 6.07) is 8.75. The Hall–Kier alpha value is -1.69. The average Bonchev–Trinajstić information content (AvgIpc) is 2.33. The van der Waals surface area contributed by atoms with Gasteiger partial charge in [0.25, 0.3) is 0 Å². The van der Waals surface area contributed by atoms with Crippen molar-refractivity contribution in [2.45, 2.75) is 13.1 Å². The number of aryl methyl sites for hydroxylation is 1. The maximum absolute atomic E-state index is 12.8. The van der Waals surface area contributed by atoms with Crippen LogP contribution in [0.5, 0.6) is 11.5 Å². The summed E-state index contributed by atoms with van der Waals surface area (Å²) in [6.07, 6.45) is -4.50. The highest BCUT2D eigenvalue weighted by Gasteiger charge is 2.33. The number of hydrogen-bond donors (Lipinski definition) is 1. The summed E-state index contributed by atoms with van der Waals surface area (Å²) >= 11 is 3.31. The molecule has 0 fully saturated rings. The molecule has 2 rings (SSSR count). The van der Waals surface area contributed by atoms with Crippen molar-refractivity contribution in [1.82, 2.24) is 0 Å². The molecule has 6 heteroatoms. The Kier molecular flexibility index (Phi) is 3.94. The smallest absolute Gasteiger partial charge is 0.418 e. The van der Waals surface area contributed by atoms with Crippen LogP contribution < -0.4 is 10.5 Å². The third kappa shape index (κ3) is 3.25. The first-order valence-corrected chi connectivity index (χ1v) is 6.47. The lowest BCUT2D eigenvalue weighted by atomic mass is 10.1. The third-order valence-electron chi connectivity index (χ3n) is 2.69. The third-order valence-corrected chi connectivity index (χ3v) is 3.19. The number of anilines is 1. The monoisotopic (exact) mass is 345 g/mol. The number of nitrogens with two attached hydrogens (primary N) is 1. The van der Waals surface area contributed by atoms with Crippen molar-refractivity contribution in [3.05, 3.63) is 52.0 Å². The van der Waals surface area contributed by atoms with E-state index in [0.29, 0.717) is 5.75 Å². The quantitative estimate of drug-likeness (QED) is 0.763. The Balaban J connectivity index is 2.35. The fourth-order valence-electron chi connectivity index (χ4n) is 1.70. The van der Waals surface area contributed by atoms with E-state index in [4.69, 9.17) is 10.5 Å². The first kappa shape index (κ1) is 14.7. The zero-order chi connectivity index (χ0) is 14.9. The Bertz CT molecular complexity index is 641. The lowest BCUT2D eigenvalue weighted by Gasteiger charge is -2.13. The largest absolute Gasteiger partial charge is 0.457 e. The number of alkyl halides is 3. The summed E-state index contributed by atoms with van der Waals surface area (Å²) in [6.45, 7) is 1.81. The topological polar surface area (TPSA) is 35.2 Å². The molecule has 2 N–H and O–H groups in total. The minimum atomic E-state index is -4.50. The van der Waals surface area contributed by atoms with E-state index < -0.39 is 11.7 Å². The van der Waals surface area contributed by atoms with E-state index in [1.807, 2.05) is 13.0 Å². The SMILES string of the molecule is Cc1cc(Br)ccc1Oc1ccc(N)c(C(F)(F)F)c1. The number of nitrogen functional groups attached to an aromatic ring is 1. The van der Waals surface area contributed by atoms with E-state index in [9.17, 15) is 13.2 Å². The van der Waals surface area contributed by atoms with E-state index in [1.165, 1.54) is 12.1 Å². The molecule has 0 aromatic heterocycles. The van der Waals surface area contributed by atoms with Gasteiger partial charge in [-0.1, -0.05) is 15.9 Å². The highest BCUT2D eigenvalue weighted by Crippen LogP contribution is 2.37. The lowest BCUT2D eigenvalue weighted by Crippen LogP contribution is -2.08. The molecule has 0 aliphatic carbocycles. The zero-order valence-corrected chi connectivity index (χ0v) is 12.0. The molecule has 2 aromatic rings. The molecular weight excluding hydrogens is 335 g/mol. The fraction of sp³-hybridized carbons (Fsp3) is 0.143. The molecule has 0 aliphatic rings. The van der Waals surface area contributed by atoms with Crippen LogP contribution in [-0.4, -0.2) is 0 Å². The molecule has 20 heavy (non-hydrogen) atoms. The van der Waals surface area contributed by atoms with Crippen LogP contribution in [0.25, 0.3) is 0 Å². The van der Waals surface area contributed by atoms with Gasteiger partial charge in [-0.2, -0.15) is 13.2 Å². The van der Waals surface area contributed by atoms with Crippen LogP contribution in [0.4, 0.5) is 18.9 Å². The second kappa shape index (κ2) is 5.36. The van der Waals surface area contributed by atoms with E-state index in [0.717, 1.165) is 16.1 Å². The molecule has 2 nitrogen and oxygen atoms in total. The van der Waals surface area contributed by atoms with Gasteiger partial charge in [0.05, 0.1) is 5.56 Å². The second-order valence-electron chi connectivity index (χ2n) is 4.26. The van der Waals surface area contributed by atoms with Crippen molar-refractivity contribution in [1.29, 1.82) is 0 Å². The molecule has 0 bridgehead atoms.